The van der Waals surface area contributed by atoms with Crippen LogP contribution in [0.25, 0.3) is 0 Å². The molecule has 2 aromatic rings. The first-order valence-corrected chi connectivity index (χ1v) is 9.56. The first-order chi connectivity index (χ1) is 14.9. The SMILES string of the molecule is CCOC(=O)C1=C(Cc2ncc[nH]2)NC(C)=C(C(=O)OC)C1c1cccc([N+](=O)[O-])c1. The van der Waals surface area contributed by atoms with E-state index in [1.54, 1.807) is 32.3 Å². The maximum absolute atomic E-state index is 13.0. The van der Waals surface area contributed by atoms with E-state index in [1.165, 1.54) is 25.3 Å². The number of imidazole rings is 1. The molecule has 3 rings (SSSR count). The van der Waals surface area contributed by atoms with E-state index in [0.717, 1.165) is 0 Å². The van der Waals surface area contributed by atoms with Gasteiger partial charge >= 0.3 is 11.9 Å². The van der Waals surface area contributed by atoms with Gasteiger partial charge < -0.3 is 19.8 Å². The number of H-pyrrole nitrogens is 1. The molecule has 31 heavy (non-hydrogen) atoms. The normalized spacial score (nSPS) is 16.0. The fraction of sp³-hybridized carbons (Fsp3) is 0.286. The van der Waals surface area contributed by atoms with Crippen LogP contribution in [-0.2, 0) is 25.5 Å². The number of esters is 2. The zero-order valence-electron chi connectivity index (χ0n) is 17.3. The van der Waals surface area contributed by atoms with Crippen molar-refractivity contribution in [2.75, 3.05) is 13.7 Å². The molecule has 1 unspecified atom stereocenters. The smallest absolute Gasteiger partial charge is 0.336 e. The van der Waals surface area contributed by atoms with Crippen molar-refractivity contribution in [2.24, 2.45) is 0 Å². The average Bonchev–Trinajstić information content (AvgIpc) is 3.26. The number of carbonyl (C=O) groups excluding carboxylic acids is 2. The molecule has 0 spiro atoms. The quantitative estimate of drug-likeness (QED) is 0.391. The minimum Gasteiger partial charge on any atom is -0.466 e. The van der Waals surface area contributed by atoms with Crippen LogP contribution >= 0.6 is 0 Å². The molecule has 0 amide bonds. The zero-order chi connectivity index (χ0) is 22.5. The summed E-state index contributed by atoms with van der Waals surface area (Å²) in [5.74, 6) is -1.61. The van der Waals surface area contributed by atoms with Gasteiger partial charge in [-0.1, -0.05) is 12.1 Å². The lowest BCUT2D eigenvalue weighted by molar-refractivity contribution is -0.384. The number of rotatable bonds is 7. The highest BCUT2D eigenvalue weighted by Crippen LogP contribution is 2.40. The lowest BCUT2D eigenvalue weighted by Gasteiger charge is -2.31. The third-order valence-corrected chi connectivity index (χ3v) is 4.86. The van der Waals surface area contributed by atoms with Crippen molar-refractivity contribution in [1.82, 2.24) is 15.3 Å². The number of hydrogen-bond donors (Lipinski definition) is 2. The Kier molecular flexibility index (Phi) is 6.49. The van der Waals surface area contributed by atoms with Gasteiger partial charge in [-0.2, -0.15) is 0 Å². The van der Waals surface area contributed by atoms with Gasteiger partial charge in [-0.05, 0) is 19.4 Å². The molecule has 10 nitrogen and oxygen atoms in total. The minimum atomic E-state index is -0.919. The summed E-state index contributed by atoms with van der Waals surface area (Å²) in [6, 6.07) is 5.82. The molecule has 162 valence electrons. The van der Waals surface area contributed by atoms with Gasteiger partial charge in [0.05, 0.1) is 35.7 Å². The lowest BCUT2D eigenvalue weighted by atomic mass is 9.79. The van der Waals surface area contributed by atoms with E-state index in [0.29, 0.717) is 22.8 Å². The van der Waals surface area contributed by atoms with Crippen molar-refractivity contribution in [3.05, 3.63) is 80.7 Å². The van der Waals surface area contributed by atoms with Gasteiger partial charge in [0.2, 0.25) is 0 Å². The number of non-ortho nitro benzene ring substituents is 1. The third-order valence-electron chi connectivity index (χ3n) is 4.86. The number of dihydropyridines is 1. The van der Waals surface area contributed by atoms with Crippen LogP contribution in [0.5, 0.6) is 0 Å². The number of aromatic amines is 1. The molecule has 0 saturated heterocycles. The molecule has 1 aliphatic heterocycles. The highest BCUT2D eigenvalue weighted by molar-refractivity contribution is 6.00. The lowest BCUT2D eigenvalue weighted by Crippen LogP contribution is -2.34. The van der Waals surface area contributed by atoms with E-state index in [9.17, 15) is 19.7 Å². The van der Waals surface area contributed by atoms with Crippen molar-refractivity contribution in [3.8, 4) is 0 Å². The molecule has 1 atom stereocenters. The highest BCUT2D eigenvalue weighted by Gasteiger charge is 2.39. The van der Waals surface area contributed by atoms with Crippen LogP contribution in [0.4, 0.5) is 5.69 Å². The van der Waals surface area contributed by atoms with Gasteiger partial charge in [0.15, 0.2) is 0 Å². The van der Waals surface area contributed by atoms with Gasteiger partial charge in [-0.3, -0.25) is 10.1 Å². The Bertz CT molecular complexity index is 1070. The predicted octanol–water partition coefficient (Wildman–Crippen LogP) is 2.51. The van der Waals surface area contributed by atoms with Crippen LogP contribution in [0, 0.1) is 10.1 Å². The molecule has 0 aliphatic carbocycles. The summed E-state index contributed by atoms with van der Waals surface area (Å²) in [6.45, 7) is 3.47. The number of aromatic nitrogens is 2. The second-order valence-corrected chi connectivity index (χ2v) is 6.77. The number of carbonyl (C=O) groups is 2. The number of ether oxygens (including phenoxy) is 2. The van der Waals surface area contributed by atoms with Crippen LogP contribution in [0.15, 0.2) is 59.2 Å². The van der Waals surface area contributed by atoms with E-state index in [2.05, 4.69) is 15.3 Å². The standard InChI is InChI=1S/C21H22N4O6/c1-4-31-21(27)19-15(11-16-22-8-9-23-16)24-12(2)17(20(26)30-3)18(19)13-6-5-7-14(10-13)25(28)29/h5-10,18,24H,4,11H2,1-3H3,(H,22,23). The number of nitrogens with zero attached hydrogens (tertiary/aromatic N) is 2. The Morgan fingerprint density at radius 1 is 1.26 bits per heavy atom. The Hall–Kier alpha value is -3.95. The van der Waals surface area contributed by atoms with Crippen molar-refractivity contribution < 1.29 is 24.0 Å². The molecule has 0 radical (unpaired) electrons. The van der Waals surface area contributed by atoms with E-state index < -0.39 is 22.8 Å². The number of nitrogens with one attached hydrogen (secondary N) is 2. The van der Waals surface area contributed by atoms with E-state index >= 15 is 0 Å². The summed E-state index contributed by atoms with van der Waals surface area (Å²) in [4.78, 5) is 43.7. The average molecular weight is 426 g/mol. The van der Waals surface area contributed by atoms with Gasteiger partial charge in [0, 0.05) is 42.3 Å². The van der Waals surface area contributed by atoms with Crippen molar-refractivity contribution >= 4 is 17.6 Å². The second kappa shape index (κ2) is 9.24. The zero-order valence-corrected chi connectivity index (χ0v) is 17.3. The number of hydrogen-bond acceptors (Lipinski definition) is 8. The fourth-order valence-electron chi connectivity index (χ4n) is 3.58. The van der Waals surface area contributed by atoms with Gasteiger partial charge in [0.1, 0.15) is 5.82 Å². The topological polar surface area (TPSA) is 136 Å². The van der Waals surface area contributed by atoms with E-state index in [1.807, 2.05) is 0 Å². The Labute approximate surface area is 178 Å². The third kappa shape index (κ3) is 4.47. The van der Waals surface area contributed by atoms with Crippen LogP contribution < -0.4 is 5.32 Å². The van der Waals surface area contributed by atoms with Gasteiger partial charge in [-0.25, -0.2) is 14.6 Å². The van der Waals surface area contributed by atoms with Crippen molar-refractivity contribution in [3.63, 3.8) is 0 Å². The number of nitro groups is 1. The molecular weight excluding hydrogens is 404 g/mol. The van der Waals surface area contributed by atoms with Crippen LogP contribution in [0.1, 0.15) is 31.2 Å². The van der Waals surface area contributed by atoms with Crippen LogP contribution in [0.2, 0.25) is 0 Å². The molecule has 2 heterocycles. The summed E-state index contributed by atoms with van der Waals surface area (Å²) in [5, 5.41) is 14.4. The Morgan fingerprint density at radius 3 is 2.65 bits per heavy atom. The number of allylic oxidation sites excluding steroid dienone is 2. The summed E-state index contributed by atoms with van der Waals surface area (Å²) in [5.41, 5.74) is 1.54. The minimum absolute atomic E-state index is 0.119. The summed E-state index contributed by atoms with van der Waals surface area (Å²) >= 11 is 0. The van der Waals surface area contributed by atoms with E-state index in [-0.39, 0.29) is 29.9 Å². The predicted molar refractivity (Wildman–Crippen MR) is 110 cm³/mol. The summed E-state index contributed by atoms with van der Waals surface area (Å²) < 4.78 is 10.2. The molecule has 2 N–H and O–H groups in total. The van der Waals surface area contributed by atoms with Crippen LogP contribution in [0.3, 0.4) is 0 Å². The second-order valence-electron chi connectivity index (χ2n) is 6.77. The fourth-order valence-corrected chi connectivity index (χ4v) is 3.58. The molecule has 1 aromatic heterocycles. The first kappa shape index (κ1) is 21.8. The Morgan fingerprint density at radius 2 is 2.03 bits per heavy atom. The molecule has 0 saturated carbocycles. The van der Waals surface area contributed by atoms with Crippen LogP contribution in [-0.4, -0.2) is 40.5 Å². The summed E-state index contributed by atoms with van der Waals surface area (Å²) in [7, 11) is 1.24. The van der Waals surface area contributed by atoms with Gasteiger partial charge in [-0.15, -0.1) is 0 Å². The maximum atomic E-state index is 13.0. The van der Waals surface area contributed by atoms with Crippen molar-refractivity contribution in [2.45, 2.75) is 26.2 Å². The largest absolute Gasteiger partial charge is 0.466 e. The molecule has 1 aliphatic rings. The molecule has 1 aromatic carbocycles. The molecule has 0 fully saturated rings. The monoisotopic (exact) mass is 426 g/mol. The molecule has 10 heteroatoms. The first-order valence-electron chi connectivity index (χ1n) is 9.56. The maximum Gasteiger partial charge on any atom is 0.336 e. The van der Waals surface area contributed by atoms with Gasteiger partial charge in [0.25, 0.3) is 5.69 Å². The number of benzene rings is 1. The Balaban J connectivity index is 2.24. The van der Waals surface area contributed by atoms with E-state index in [4.69, 9.17) is 9.47 Å². The van der Waals surface area contributed by atoms with Crippen molar-refractivity contribution in [1.29, 1.82) is 0 Å². The number of nitro benzene ring substituents is 1. The highest BCUT2D eigenvalue weighted by atomic mass is 16.6. The summed E-state index contributed by atoms with van der Waals surface area (Å²) in [6.07, 6.45) is 3.48. The molecular formula is C21H22N4O6. The number of methoxy groups -OCH3 is 1. The molecule has 0 bridgehead atoms.